The van der Waals surface area contributed by atoms with E-state index in [0.717, 1.165) is 5.56 Å². The van der Waals surface area contributed by atoms with E-state index in [1.54, 1.807) is 11.0 Å². The number of hydrogen-bond acceptors (Lipinski definition) is 4. The van der Waals surface area contributed by atoms with Crippen molar-refractivity contribution in [3.63, 3.8) is 0 Å². The van der Waals surface area contributed by atoms with Crippen LogP contribution in [0.5, 0.6) is 0 Å². The summed E-state index contributed by atoms with van der Waals surface area (Å²) in [7, 11) is 0. The maximum atomic E-state index is 13.7. The van der Waals surface area contributed by atoms with Crippen molar-refractivity contribution >= 4 is 23.5 Å². The Labute approximate surface area is 167 Å². The van der Waals surface area contributed by atoms with Gasteiger partial charge < -0.3 is 9.64 Å². The molecule has 2 aliphatic heterocycles. The Hall–Kier alpha value is -3.22. The lowest BCUT2D eigenvalue weighted by Crippen LogP contribution is -2.57. The summed E-state index contributed by atoms with van der Waals surface area (Å²) < 4.78 is 19.1. The average molecular weight is 396 g/mol. The Morgan fingerprint density at radius 1 is 1.03 bits per heavy atom. The van der Waals surface area contributed by atoms with E-state index in [1.807, 2.05) is 30.3 Å². The fourth-order valence-corrected chi connectivity index (χ4v) is 4.12. The third kappa shape index (κ3) is 3.60. The summed E-state index contributed by atoms with van der Waals surface area (Å²) in [6, 6.07) is 15.1. The number of benzene rings is 2. The molecule has 2 aromatic carbocycles. The molecular weight excluding hydrogens is 375 g/mol. The minimum absolute atomic E-state index is 0.175. The predicted octanol–water partition coefficient (Wildman–Crippen LogP) is 3.30. The molecule has 2 saturated heterocycles. The molecule has 0 bridgehead atoms. The molecule has 150 valence electrons. The van der Waals surface area contributed by atoms with E-state index >= 15 is 0 Å². The minimum Gasteiger partial charge on any atom is -0.445 e. The number of anilines is 1. The van der Waals surface area contributed by atoms with Gasteiger partial charge in [-0.3, -0.25) is 14.5 Å². The van der Waals surface area contributed by atoms with Gasteiger partial charge in [-0.25, -0.2) is 9.18 Å². The maximum Gasteiger partial charge on any atom is 0.410 e. The molecule has 0 atom stereocenters. The van der Waals surface area contributed by atoms with Crippen molar-refractivity contribution in [3.05, 3.63) is 66.0 Å². The van der Waals surface area contributed by atoms with Crippen LogP contribution in [0.25, 0.3) is 0 Å². The summed E-state index contributed by atoms with van der Waals surface area (Å²) in [5, 5.41) is 0. The van der Waals surface area contributed by atoms with Crippen molar-refractivity contribution in [3.8, 4) is 0 Å². The monoisotopic (exact) mass is 396 g/mol. The smallest absolute Gasteiger partial charge is 0.410 e. The van der Waals surface area contributed by atoms with Crippen LogP contribution in [0.2, 0.25) is 0 Å². The van der Waals surface area contributed by atoms with Crippen LogP contribution < -0.4 is 4.90 Å². The number of ether oxygens (including phenoxy) is 1. The van der Waals surface area contributed by atoms with Gasteiger partial charge in [0, 0.05) is 18.8 Å². The lowest BCUT2D eigenvalue weighted by atomic mass is 9.83. The second kappa shape index (κ2) is 7.66. The third-order valence-corrected chi connectivity index (χ3v) is 5.63. The SMILES string of the molecule is O=C(OCc1ccccc1)N1CCC2(CC1)C(=O)CC(=O)N2c1cccc(F)c1. The van der Waals surface area contributed by atoms with Crippen LogP contribution in [0.4, 0.5) is 14.9 Å². The van der Waals surface area contributed by atoms with E-state index in [2.05, 4.69) is 0 Å². The summed E-state index contributed by atoms with van der Waals surface area (Å²) in [5.41, 5.74) is 0.241. The molecule has 0 N–H and O–H groups in total. The van der Waals surface area contributed by atoms with Gasteiger partial charge in [0.25, 0.3) is 0 Å². The second-order valence-corrected chi connectivity index (χ2v) is 7.37. The van der Waals surface area contributed by atoms with E-state index in [1.165, 1.54) is 23.1 Å². The molecule has 0 radical (unpaired) electrons. The Kier molecular flexibility index (Phi) is 5.05. The molecule has 0 saturated carbocycles. The third-order valence-electron chi connectivity index (χ3n) is 5.63. The topological polar surface area (TPSA) is 66.9 Å². The largest absolute Gasteiger partial charge is 0.445 e. The summed E-state index contributed by atoms with van der Waals surface area (Å²) in [4.78, 5) is 40.6. The Morgan fingerprint density at radius 3 is 2.45 bits per heavy atom. The molecule has 29 heavy (non-hydrogen) atoms. The summed E-state index contributed by atoms with van der Waals surface area (Å²) in [6.07, 6.45) is -0.0457. The van der Waals surface area contributed by atoms with Gasteiger partial charge in [-0.2, -0.15) is 0 Å². The normalized spacial score (nSPS) is 18.4. The lowest BCUT2D eigenvalue weighted by Gasteiger charge is -2.43. The Morgan fingerprint density at radius 2 is 1.76 bits per heavy atom. The zero-order valence-electron chi connectivity index (χ0n) is 15.8. The molecule has 2 fully saturated rings. The molecule has 2 amide bonds. The van der Waals surface area contributed by atoms with Gasteiger partial charge in [0.05, 0.1) is 6.42 Å². The van der Waals surface area contributed by atoms with E-state index in [-0.39, 0.29) is 24.7 Å². The highest BCUT2D eigenvalue weighted by Crippen LogP contribution is 2.40. The fraction of sp³-hybridized carbons (Fsp3) is 0.318. The first-order chi connectivity index (χ1) is 14.0. The lowest BCUT2D eigenvalue weighted by molar-refractivity contribution is -0.124. The maximum absolute atomic E-state index is 13.7. The predicted molar refractivity (Wildman–Crippen MR) is 104 cm³/mol. The first-order valence-corrected chi connectivity index (χ1v) is 9.57. The number of hydrogen-bond donors (Lipinski definition) is 0. The van der Waals surface area contributed by atoms with Crippen molar-refractivity contribution in [1.82, 2.24) is 4.90 Å². The quantitative estimate of drug-likeness (QED) is 0.747. The fourth-order valence-electron chi connectivity index (χ4n) is 4.12. The number of halogens is 1. The number of carbonyl (C=O) groups is 3. The number of ketones is 1. The number of amides is 2. The first-order valence-electron chi connectivity index (χ1n) is 9.57. The highest BCUT2D eigenvalue weighted by molar-refractivity contribution is 6.19. The van der Waals surface area contributed by atoms with Crippen molar-refractivity contribution in [1.29, 1.82) is 0 Å². The number of likely N-dealkylation sites (tertiary alicyclic amines) is 1. The Bertz CT molecular complexity index is 939. The number of nitrogens with zero attached hydrogens (tertiary/aromatic N) is 2. The molecule has 2 heterocycles. The van der Waals surface area contributed by atoms with E-state index in [9.17, 15) is 18.8 Å². The minimum atomic E-state index is -1.03. The van der Waals surface area contributed by atoms with Gasteiger partial charge in [-0.05, 0) is 36.6 Å². The second-order valence-electron chi connectivity index (χ2n) is 7.37. The van der Waals surface area contributed by atoms with Crippen molar-refractivity contribution in [2.45, 2.75) is 31.4 Å². The summed E-state index contributed by atoms with van der Waals surface area (Å²) >= 11 is 0. The molecule has 4 rings (SSSR count). The van der Waals surface area contributed by atoms with E-state index < -0.39 is 17.4 Å². The zero-order chi connectivity index (χ0) is 20.4. The van der Waals surface area contributed by atoms with Crippen LogP contribution in [0.3, 0.4) is 0 Å². The molecule has 2 aromatic rings. The molecule has 0 aromatic heterocycles. The number of carbonyl (C=O) groups excluding carboxylic acids is 3. The van der Waals surface area contributed by atoms with Crippen molar-refractivity contribution in [2.75, 3.05) is 18.0 Å². The van der Waals surface area contributed by atoms with Crippen molar-refractivity contribution in [2.24, 2.45) is 0 Å². The van der Waals surface area contributed by atoms with Gasteiger partial charge in [0.15, 0.2) is 5.78 Å². The highest BCUT2D eigenvalue weighted by Gasteiger charge is 2.54. The molecule has 7 heteroatoms. The summed E-state index contributed by atoms with van der Waals surface area (Å²) in [5.74, 6) is -0.975. The molecule has 0 aliphatic carbocycles. The summed E-state index contributed by atoms with van der Waals surface area (Å²) in [6.45, 7) is 0.755. The van der Waals surface area contributed by atoms with E-state index in [0.29, 0.717) is 31.6 Å². The number of piperidine rings is 1. The van der Waals surface area contributed by atoms with Gasteiger partial charge in [-0.1, -0.05) is 36.4 Å². The van der Waals surface area contributed by atoms with Gasteiger partial charge in [-0.15, -0.1) is 0 Å². The van der Waals surface area contributed by atoms with E-state index in [4.69, 9.17) is 4.74 Å². The number of Topliss-reactive ketones (excluding diaryl/α,β-unsaturated/α-hetero) is 1. The Balaban J connectivity index is 1.45. The molecular formula is C22H21FN2O4. The van der Waals surface area contributed by atoms with Crippen LogP contribution in [-0.2, 0) is 20.9 Å². The van der Waals surface area contributed by atoms with Crippen LogP contribution in [-0.4, -0.2) is 41.3 Å². The van der Waals surface area contributed by atoms with Crippen LogP contribution >= 0.6 is 0 Å². The van der Waals surface area contributed by atoms with Gasteiger partial charge in [0.2, 0.25) is 5.91 Å². The first kappa shape index (κ1) is 19.1. The van der Waals surface area contributed by atoms with Gasteiger partial charge in [0.1, 0.15) is 18.0 Å². The molecule has 2 aliphatic rings. The van der Waals surface area contributed by atoms with Gasteiger partial charge >= 0.3 is 6.09 Å². The highest BCUT2D eigenvalue weighted by atomic mass is 19.1. The molecule has 1 spiro atoms. The molecule has 6 nitrogen and oxygen atoms in total. The van der Waals surface area contributed by atoms with Crippen LogP contribution in [0.15, 0.2) is 54.6 Å². The zero-order valence-corrected chi connectivity index (χ0v) is 15.8. The average Bonchev–Trinajstić information content (AvgIpc) is 2.96. The van der Waals surface area contributed by atoms with Crippen LogP contribution in [0.1, 0.15) is 24.8 Å². The number of rotatable bonds is 3. The molecule has 0 unspecified atom stereocenters. The van der Waals surface area contributed by atoms with Crippen LogP contribution in [0, 0.1) is 5.82 Å². The standard InChI is InChI=1S/C22H21FN2O4/c23-17-7-4-8-18(13-17)25-20(27)14-19(26)22(25)9-11-24(12-10-22)21(28)29-15-16-5-2-1-3-6-16/h1-8,13H,9-12,14-15H2. The van der Waals surface area contributed by atoms with Crippen molar-refractivity contribution < 1.29 is 23.5 Å².